The maximum absolute atomic E-state index is 5.79. The molecule has 0 bridgehead atoms. The molecule has 0 aliphatic carbocycles. The highest BCUT2D eigenvalue weighted by atomic mass is 16.5. The minimum atomic E-state index is 0.277. The minimum Gasteiger partial charge on any atom is -0.496 e. The van der Waals surface area contributed by atoms with Crippen molar-refractivity contribution in [2.75, 3.05) is 12.8 Å². The Kier molecular flexibility index (Phi) is 2.41. The first kappa shape index (κ1) is 10.7. The third-order valence-corrected chi connectivity index (χ3v) is 2.93. The molecule has 90 valence electrons. The third kappa shape index (κ3) is 1.50. The van der Waals surface area contributed by atoms with E-state index in [4.69, 9.17) is 15.0 Å². The molecule has 0 unspecified atom stereocenters. The second-order valence-corrected chi connectivity index (χ2v) is 3.95. The van der Waals surface area contributed by atoms with Gasteiger partial charge in [-0.1, -0.05) is 35.5 Å². The highest BCUT2D eigenvalue weighted by Gasteiger charge is 2.15. The van der Waals surface area contributed by atoms with E-state index in [-0.39, 0.29) is 5.88 Å². The molecule has 0 fully saturated rings. The summed E-state index contributed by atoms with van der Waals surface area (Å²) in [5.74, 6) is 0.947. The van der Waals surface area contributed by atoms with Crippen molar-refractivity contribution < 1.29 is 9.26 Å². The summed E-state index contributed by atoms with van der Waals surface area (Å²) < 4.78 is 10.3. The molecule has 0 aliphatic heterocycles. The molecule has 0 spiro atoms. The average Bonchev–Trinajstić information content (AvgIpc) is 2.81. The Morgan fingerprint density at radius 3 is 2.61 bits per heavy atom. The van der Waals surface area contributed by atoms with Crippen molar-refractivity contribution in [3.05, 3.63) is 42.5 Å². The van der Waals surface area contributed by atoms with E-state index in [1.165, 1.54) is 0 Å². The Morgan fingerprint density at radius 1 is 1.11 bits per heavy atom. The van der Waals surface area contributed by atoms with Crippen molar-refractivity contribution in [2.45, 2.75) is 0 Å². The molecule has 3 rings (SSSR count). The van der Waals surface area contributed by atoms with Crippen LogP contribution in [-0.2, 0) is 0 Å². The number of hydrogen-bond acceptors (Lipinski definition) is 4. The van der Waals surface area contributed by atoms with Crippen LogP contribution in [0.1, 0.15) is 0 Å². The number of hydrogen-bond donors (Lipinski definition) is 1. The van der Waals surface area contributed by atoms with Crippen LogP contribution >= 0.6 is 0 Å². The molecule has 0 radical (unpaired) electrons. The van der Waals surface area contributed by atoms with Gasteiger partial charge < -0.3 is 15.0 Å². The van der Waals surface area contributed by atoms with E-state index in [1.54, 1.807) is 7.11 Å². The predicted molar refractivity (Wildman–Crippen MR) is 70.4 cm³/mol. The molecule has 1 aromatic heterocycles. The molecule has 18 heavy (non-hydrogen) atoms. The number of fused-ring (bicyclic) bond motifs is 1. The van der Waals surface area contributed by atoms with Crippen LogP contribution in [0.4, 0.5) is 5.88 Å². The first-order valence-corrected chi connectivity index (χ1v) is 5.58. The van der Waals surface area contributed by atoms with Gasteiger partial charge in [0, 0.05) is 5.56 Å². The summed E-state index contributed by atoms with van der Waals surface area (Å²) in [6.07, 6.45) is 0. The van der Waals surface area contributed by atoms with Crippen molar-refractivity contribution in [1.29, 1.82) is 0 Å². The normalized spacial score (nSPS) is 10.7. The fourth-order valence-corrected chi connectivity index (χ4v) is 2.07. The molecular weight excluding hydrogens is 228 g/mol. The molecule has 2 aromatic carbocycles. The van der Waals surface area contributed by atoms with Crippen LogP contribution in [0.5, 0.6) is 5.75 Å². The lowest BCUT2D eigenvalue weighted by molar-refractivity contribution is 0.418. The number of rotatable bonds is 2. The number of aromatic nitrogens is 1. The number of benzene rings is 2. The van der Waals surface area contributed by atoms with E-state index in [0.717, 1.165) is 22.0 Å². The molecule has 2 N–H and O–H groups in total. The summed E-state index contributed by atoms with van der Waals surface area (Å²) >= 11 is 0. The van der Waals surface area contributed by atoms with E-state index in [2.05, 4.69) is 5.16 Å². The van der Waals surface area contributed by atoms with Gasteiger partial charge in [0.2, 0.25) is 5.88 Å². The quantitative estimate of drug-likeness (QED) is 0.747. The highest BCUT2D eigenvalue weighted by Crippen LogP contribution is 2.36. The summed E-state index contributed by atoms with van der Waals surface area (Å²) in [6, 6.07) is 13.8. The predicted octanol–water partition coefficient (Wildman–Crippen LogP) is 3.09. The topological polar surface area (TPSA) is 61.3 Å². The van der Waals surface area contributed by atoms with Crippen LogP contribution in [0.3, 0.4) is 0 Å². The third-order valence-electron chi connectivity index (χ3n) is 2.93. The van der Waals surface area contributed by atoms with Gasteiger partial charge in [0.05, 0.1) is 7.11 Å². The summed E-state index contributed by atoms with van der Waals surface area (Å²) in [5, 5.41) is 4.74. The average molecular weight is 240 g/mol. The van der Waals surface area contributed by atoms with Crippen molar-refractivity contribution in [2.24, 2.45) is 0 Å². The lowest BCUT2D eigenvalue weighted by Gasteiger charge is -2.05. The van der Waals surface area contributed by atoms with Crippen LogP contribution in [0, 0.1) is 0 Å². The van der Waals surface area contributed by atoms with Crippen molar-refractivity contribution in [3.8, 4) is 16.9 Å². The van der Waals surface area contributed by atoms with E-state index in [0.29, 0.717) is 5.75 Å². The van der Waals surface area contributed by atoms with Gasteiger partial charge in [-0.25, -0.2) is 0 Å². The number of nitrogens with two attached hydrogens (primary N) is 1. The fraction of sp³-hybridized carbons (Fsp3) is 0.0714. The van der Waals surface area contributed by atoms with Crippen LogP contribution < -0.4 is 10.5 Å². The van der Waals surface area contributed by atoms with Gasteiger partial charge in [-0.05, 0) is 17.7 Å². The number of anilines is 1. The van der Waals surface area contributed by atoms with Gasteiger partial charge in [-0.2, -0.15) is 0 Å². The number of methoxy groups -OCH3 is 1. The molecule has 3 aromatic rings. The molecule has 4 heteroatoms. The second-order valence-electron chi connectivity index (χ2n) is 3.95. The smallest absolute Gasteiger partial charge is 0.233 e. The number of nitrogen functional groups attached to an aromatic ring is 1. The summed E-state index contributed by atoms with van der Waals surface area (Å²) in [7, 11) is 1.60. The van der Waals surface area contributed by atoms with Crippen molar-refractivity contribution in [3.63, 3.8) is 0 Å². The molecule has 0 amide bonds. The molecular formula is C14H12N2O2. The fourth-order valence-electron chi connectivity index (χ4n) is 2.07. The maximum Gasteiger partial charge on any atom is 0.233 e. The summed E-state index contributed by atoms with van der Waals surface area (Å²) in [5.41, 5.74) is 8.56. The minimum absolute atomic E-state index is 0.277. The summed E-state index contributed by atoms with van der Waals surface area (Å²) in [4.78, 5) is 0. The lowest BCUT2D eigenvalue weighted by atomic mass is 10.0. The molecule has 0 atom stereocenters. The van der Waals surface area contributed by atoms with Crippen LogP contribution in [0.15, 0.2) is 47.0 Å². The molecule has 0 aliphatic rings. The number of ether oxygens (including phenoxy) is 1. The van der Waals surface area contributed by atoms with Gasteiger partial charge in [0.1, 0.15) is 16.7 Å². The first-order chi connectivity index (χ1) is 8.81. The molecule has 0 saturated heterocycles. The summed E-state index contributed by atoms with van der Waals surface area (Å²) in [6.45, 7) is 0. The first-order valence-electron chi connectivity index (χ1n) is 5.58. The number of nitrogens with zero attached hydrogens (tertiary/aromatic N) is 1. The highest BCUT2D eigenvalue weighted by molar-refractivity contribution is 6.02. The zero-order chi connectivity index (χ0) is 12.5. The van der Waals surface area contributed by atoms with E-state index in [1.807, 2.05) is 42.5 Å². The Hall–Kier alpha value is -2.49. The van der Waals surface area contributed by atoms with Crippen molar-refractivity contribution in [1.82, 2.24) is 5.16 Å². The van der Waals surface area contributed by atoms with Gasteiger partial charge in [0.15, 0.2) is 0 Å². The van der Waals surface area contributed by atoms with Crippen LogP contribution in [0.25, 0.3) is 22.0 Å². The molecule has 0 saturated carbocycles. The van der Waals surface area contributed by atoms with Crippen LogP contribution in [0.2, 0.25) is 0 Å². The Balaban J connectivity index is 2.33. The van der Waals surface area contributed by atoms with Gasteiger partial charge in [-0.15, -0.1) is 0 Å². The van der Waals surface area contributed by atoms with Gasteiger partial charge in [-0.3, -0.25) is 0 Å². The maximum atomic E-state index is 5.79. The SMILES string of the molecule is COc1ccc(-c2ccccc2)c2noc(N)c12. The Morgan fingerprint density at radius 2 is 1.89 bits per heavy atom. The Labute approximate surface area is 104 Å². The van der Waals surface area contributed by atoms with Gasteiger partial charge in [0.25, 0.3) is 0 Å². The molecule has 4 nitrogen and oxygen atoms in total. The largest absolute Gasteiger partial charge is 0.496 e. The zero-order valence-electron chi connectivity index (χ0n) is 9.88. The van der Waals surface area contributed by atoms with E-state index < -0.39 is 0 Å². The second kappa shape index (κ2) is 4.07. The lowest BCUT2D eigenvalue weighted by Crippen LogP contribution is -1.89. The van der Waals surface area contributed by atoms with Crippen LogP contribution in [-0.4, -0.2) is 12.3 Å². The molecule has 1 heterocycles. The zero-order valence-corrected chi connectivity index (χ0v) is 9.88. The van der Waals surface area contributed by atoms with E-state index in [9.17, 15) is 0 Å². The Bertz CT molecular complexity index is 690. The van der Waals surface area contributed by atoms with E-state index >= 15 is 0 Å². The van der Waals surface area contributed by atoms with Gasteiger partial charge >= 0.3 is 0 Å². The monoisotopic (exact) mass is 240 g/mol. The standard InChI is InChI=1S/C14H12N2O2/c1-17-11-8-7-10(9-5-3-2-4-6-9)13-12(11)14(15)18-16-13/h2-8H,15H2,1H3. The van der Waals surface area contributed by atoms with Crippen molar-refractivity contribution >= 4 is 16.8 Å².